The summed E-state index contributed by atoms with van der Waals surface area (Å²) >= 11 is 0. The number of ether oxygens (including phenoxy) is 1. The average Bonchev–Trinajstić information content (AvgIpc) is 2.65. The molecule has 0 saturated carbocycles. The lowest BCUT2D eigenvalue weighted by atomic mass is 10.1. The van der Waals surface area contributed by atoms with Crippen molar-refractivity contribution in [1.82, 2.24) is 9.88 Å². The second-order valence-corrected chi connectivity index (χ2v) is 6.80. The van der Waals surface area contributed by atoms with Crippen molar-refractivity contribution in [2.24, 2.45) is 5.73 Å². The monoisotopic (exact) mass is 368 g/mol. The molecule has 2 heterocycles. The molecule has 27 heavy (non-hydrogen) atoms. The summed E-state index contributed by atoms with van der Waals surface area (Å²) < 4.78 is 5.68. The quantitative estimate of drug-likeness (QED) is 0.842. The van der Waals surface area contributed by atoms with Crippen molar-refractivity contribution >= 4 is 17.5 Å². The number of nitrogens with one attached hydrogen (secondary N) is 1. The van der Waals surface area contributed by atoms with Gasteiger partial charge in [0.15, 0.2) is 0 Å². The molecule has 0 spiro atoms. The van der Waals surface area contributed by atoms with Gasteiger partial charge in [-0.15, -0.1) is 0 Å². The van der Waals surface area contributed by atoms with E-state index in [1.807, 2.05) is 43.0 Å². The fraction of sp³-hybridized carbons (Fsp3) is 0.350. The van der Waals surface area contributed by atoms with Crippen LogP contribution in [0.25, 0.3) is 0 Å². The largest absolute Gasteiger partial charge is 0.380 e. The smallest absolute Gasteiger partial charge is 0.254 e. The molecule has 2 unspecified atom stereocenters. The van der Waals surface area contributed by atoms with E-state index < -0.39 is 5.91 Å². The van der Waals surface area contributed by atoms with Crippen LogP contribution in [0.5, 0.6) is 0 Å². The van der Waals surface area contributed by atoms with E-state index in [-0.39, 0.29) is 18.1 Å². The number of carbonyl (C=O) groups is 2. The summed E-state index contributed by atoms with van der Waals surface area (Å²) in [5, 5.41) is 3.18. The zero-order valence-corrected chi connectivity index (χ0v) is 15.5. The summed E-state index contributed by atoms with van der Waals surface area (Å²) in [6.07, 6.45) is 3.12. The van der Waals surface area contributed by atoms with Gasteiger partial charge < -0.3 is 20.7 Å². The molecule has 1 saturated heterocycles. The lowest BCUT2D eigenvalue weighted by Gasteiger charge is -2.35. The van der Waals surface area contributed by atoms with Crippen molar-refractivity contribution in [2.45, 2.75) is 32.6 Å². The van der Waals surface area contributed by atoms with Crippen LogP contribution in [0.4, 0.5) is 5.69 Å². The minimum absolute atomic E-state index is 0.0154. The third kappa shape index (κ3) is 4.62. The molecular weight excluding hydrogens is 344 g/mol. The molecule has 142 valence electrons. The van der Waals surface area contributed by atoms with Crippen molar-refractivity contribution in [3.05, 3.63) is 59.4 Å². The van der Waals surface area contributed by atoms with Gasteiger partial charge in [-0.3, -0.25) is 14.6 Å². The van der Waals surface area contributed by atoms with E-state index in [4.69, 9.17) is 10.5 Å². The molecule has 0 bridgehead atoms. The van der Waals surface area contributed by atoms with Gasteiger partial charge in [0.2, 0.25) is 0 Å². The van der Waals surface area contributed by atoms with Gasteiger partial charge in [-0.1, -0.05) is 12.1 Å². The first-order valence-corrected chi connectivity index (χ1v) is 8.95. The SMILES string of the molecule is CC1CN(C(=O)c2ccc(CNc3ccncc3C(N)=O)cc2)CC(C)O1. The fourth-order valence-electron chi connectivity index (χ4n) is 3.23. The Labute approximate surface area is 158 Å². The van der Waals surface area contributed by atoms with Crippen LogP contribution in [0.1, 0.15) is 40.1 Å². The molecule has 2 atom stereocenters. The van der Waals surface area contributed by atoms with Gasteiger partial charge in [0.25, 0.3) is 11.8 Å². The standard InChI is InChI=1S/C20H24N4O3/c1-13-11-24(12-14(2)27-13)20(26)16-5-3-15(4-6-16)9-23-18-7-8-22-10-17(18)19(21)25/h3-8,10,13-14H,9,11-12H2,1-2H3,(H2,21,25)(H,22,23). The predicted molar refractivity (Wildman–Crippen MR) is 102 cm³/mol. The highest BCUT2D eigenvalue weighted by Crippen LogP contribution is 2.17. The molecule has 1 aliphatic heterocycles. The lowest BCUT2D eigenvalue weighted by molar-refractivity contribution is -0.0586. The number of rotatable bonds is 5. The van der Waals surface area contributed by atoms with Gasteiger partial charge in [-0.2, -0.15) is 0 Å². The maximum absolute atomic E-state index is 12.7. The normalized spacial score (nSPS) is 19.6. The van der Waals surface area contributed by atoms with E-state index in [1.165, 1.54) is 6.20 Å². The highest BCUT2D eigenvalue weighted by atomic mass is 16.5. The molecule has 7 nitrogen and oxygen atoms in total. The molecule has 1 aliphatic rings. The van der Waals surface area contributed by atoms with Gasteiger partial charge in [0, 0.05) is 37.6 Å². The third-order valence-electron chi connectivity index (χ3n) is 4.48. The van der Waals surface area contributed by atoms with E-state index in [9.17, 15) is 9.59 Å². The number of aromatic nitrogens is 1. The molecule has 1 fully saturated rings. The van der Waals surface area contributed by atoms with Crippen LogP contribution < -0.4 is 11.1 Å². The zero-order valence-electron chi connectivity index (χ0n) is 15.5. The summed E-state index contributed by atoms with van der Waals surface area (Å²) in [4.78, 5) is 29.9. The molecular formula is C20H24N4O3. The molecule has 7 heteroatoms. The van der Waals surface area contributed by atoms with Crippen molar-refractivity contribution < 1.29 is 14.3 Å². The van der Waals surface area contributed by atoms with Crippen molar-refractivity contribution in [3.8, 4) is 0 Å². The van der Waals surface area contributed by atoms with Crippen LogP contribution in [-0.4, -0.2) is 47.0 Å². The number of pyridine rings is 1. The van der Waals surface area contributed by atoms with Crippen molar-refractivity contribution in [3.63, 3.8) is 0 Å². The molecule has 3 N–H and O–H groups in total. The van der Waals surface area contributed by atoms with Crippen LogP contribution in [0.3, 0.4) is 0 Å². The van der Waals surface area contributed by atoms with Gasteiger partial charge in [-0.25, -0.2) is 0 Å². The summed E-state index contributed by atoms with van der Waals surface area (Å²) in [5.74, 6) is -0.512. The van der Waals surface area contributed by atoms with Crippen LogP contribution in [-0.2, 0) is 11.3 Å². The number of hydrogen-bond donors (Lipinski definition) is 2. The summed E-state index contributed by atoms with van der Waals surface area (Å²) in [5.41, 5.74) is 7.98. The molecule has 0 aliphatic carbocycles. The summed E-state index contributed by atoms with van der Waals surface area (Å²) in [6.45, 7) is 5.66. The van der Waals surface area contributed by atoms with E-state index >= 15 is 0 Å². The van der Waals surface area contributed by atoms with E-state index in [0.717, 1.165) is 5.56 Å². The fourth-order valence-corrected chi connectivity index (χ4v) is 3.23. The predicted octanol–water partition coefficient (Wildman–Crippen LogP) is 2.04. The molecule has 0 radical (unpaired) electrons. The summed E-state index contributed by atoms with van der Waals surface area (Å²) in [7, 11) is 0. The van der Waals surface area contributed by atoms with E-state index in [1.54, 1.807) is 12.3 Å². The Kier molecular flexibility index (Phi) is 5.71. The molecule has 1 aromatic heterocycles. The second kappa shape index (κ2) is 8.18. The van der Waals surface area contributed by atoms with Gasteiger partial charge in [-0.05, 0) is 37.6 Å². The highest BCUT2D eigenvalue weighted by molar-refractivity contribution is 5.98. The number of benzene rings is 1. The molecule has 2 aromatic rings. The number of nitrogens with two attached hydrogens (primary N) is 1. The van der Waals surface area contributed by atoms with Crippen molar-refractivity contribution in [2.75, 3.05) is 18.4 Å². The third-order valence-corrected chi connectivity index (χ3v) is 4.48. The number of morpholine rings is 1. The Hall–Kier alpha value is -2.93. The average molecular weight is 368 g/mol. The van der Waals surface area contributed by atoms with Gasteiger partial charge in [0.1, 0.15) is 0 Å². The Morgan fingerprint density at radius 1 is 1.19 bits per heavy atom. The number of amides is 2. The van der Waals surface area contributed by atoms with Gasteiger partial charge >= 0.3 is 0 Å². The number of hydrogen-bond acceptors (Lipinski definition) is 5. The first-order chi connectivity index (χ1) is 12.9. The Bertz CT molecular complexity index is 812. The number of nitrogens with zero attached hydrogens (tertiary/aromatic N) is 2. The highest BCUT2D eigenvalue weighted by Gasteiger charge is 2.26. The maximum Gasteiger partial charge on any atom is 0.254 e. The second-order valence-electron chi connectivity index (χ2n) is 6.80. The Morgan fingerprint density at radius 2 is 1.85 bits per heavy atom. The minimum atomic E-state index is -0.527. The van der Waals surface area contributed by atoms with E-state index in [0.29, 0.717) is 36.4 Å². The first-order valence-electron chi connectivity index (χ1n) is 8.95. The zero-order chi connectivity index (χ0) is 19.4. The molecule has 3 rings (SSSR count). The van der Waals surface area contributed by atoms with Crippen LogP contribution >= 0.6 is 0 Å². The first kappa shape index (κ1) is 18.8. The maximum atomic E-state index is 12.7. The number of primary amides is 1. The van der Waals surface area contributed by atoms with Crippen LogP contribution in [0.2, 0.25) is 0 Å². The van der Waals surface area contributed by atoms with Crippen molar-refractivity contribution in [1.29, 1.82) is 0 Å². The summed E-state index contributed by atoms with van der Waals surface area (Å²) in [6, 6.07) is 9.16. The minimum Gasteiger partial charge on any atom is -0.380 e. The lowest BCUT2D eigenvalue weighted by Crippen LogP contribution is -2.48. The molecule has 2 amide bonds. The van der Waals surface area contributed by atoms with Crippen LogP contribution in [0.15, 0.2) is 42.7 Å². The Morgan fingerprint density at radius 3 is 2.48 bits per heavy atom. The van der Waals surface area contributed by atoms with E-state index in [2.05, 4.69) is 10.3 Å². The Balaban J connectivity index is 1.64. The number of carbonyl (C=O) groups excluding carboxylic acids is 2. The number of anilines is 1. The topological polar surface area (TPSA) is 97.5 Å². The van der Waals surface area contributed by atoms with Crippen LogP contribution in [0, 0.1) is 0 Å². The molecule has 1 aromatic carbocycles. The van der Waals surface area contributed by atoms with Gasteiger partial charge in [0.05, 0.1) is 23.5 Å².